The second-order valence-electron chi connectivity index (χ2n) is 4.22. The highest BCUT2D eigenvalue weighted by Gasteiger charge is 2.23. The predicted octanol–water partition coefficient (Wildman–Crippen LogP) is 2.66. The first-order valence-electron chi connectivity index (χ1n) is 6.01. The zero-order chi connectivity index (χ0) is 11.2. The molecule has 1 aliphatic rings. The van der Waals surface area contributed by atoms with Gasteiger partial charge < -0.3 is 5.32 Å². The zero-order valence-corrected chi connectivity index (χ0v) is 10.5. The molecular weight excluding hydrogens is 216 g/mol. The molecule has 1 aliphatic heterocycles. The molecule has 0 saturated carbocycles. The maximum absolute atomic E-state index is 3.74. The van der Waals surface area contributed by atoms with E-state index < -0.39 is 0 Å². The molecule has 0 aromatic carbocycles. The zero-order valence-electron chi connectivity index (χ0n) is 9.69. The van der Waals surface area contributed by atoms with Gasteiger partial charge >= 0.3 is 0 Å². The average Bonchev–Trinajstić information content (AvgIpc) is 2.97. The molecule has 3 heteroatoms. The Morgan fingerprint density at radius 2 is 2.31 bits per heavy atom. The number of nitrogens with zero attached hydrogens (tertiary/aromatic N) is 1. The first-order valence-corrected chi connectivity index (χ1v) is 6.89. The molecule has 2 nitrogen and oxygen atoms in total. The summed E-state index contributed by atoms with van der Waals surface area (Å²) in [5.41, 5.74) is 0. The summed E-state index contributed by atoms with van der Waals surface area (Å²) >= 11 is 1.87. The van der Waals surface area contributed by atoms with Gasteiger partial charge in [-0.15, -0.1) is 17.9 Å². The number of nitrogens with one attached hydrogen (secondary N) is 1. The summed E-state index contributed by atoms with van der Waals surface area (Å²) in [5.74, 6) is 0. The van der Waals surface area contributed by atoms with Gasteiger partial charge in [-0.2, -0.15) is 0 Å². The topological polar surface area (TPSA) is 15.3 Å². The van der Waals surface area contributed by atoms with Crippen molar-refractivity contribution in [1.82, 2.24) is 10.2 Å². The molecule has 1 saturated heterocycles. The van der Waals surface area contributed by atoms with Crippen molar-refractivity contribution < 1.29 is 0 Å². The van der Waals surface area contributed by atoms with E-state index in [0.717, 1.165) is 13.1 Å². The van der Waals surface area contributed by atoms with Crippen molar-refractivity contribution >= 4 is 11.3 Å². The number of hydrogen-bond donors (Lipinski definition) is 1. The van der Waals surface area contributed by atoms with Crippen LogP contribution >= 0.6 is 11.3 Å². The van der Waals surface area contributed by atoms with Gasteiger partial charge in [-0.05, 0) is 37.4 Å². The van der Waals surface area contributed by atoms with Crippen LogP contribution in [0.2, 0.25) is 0 Å². The van der Waals surface area contributed by atoms with E-state index in [9.17, 15) is 0 Å². The van der Waals surface area contributed by atoms with Crippen LogP contribution in [0.5, 0.6) is 0 Å². The normalized spacial score (nSPS) is 18.8. The van der Waals surface area contributed by atoms with E-state index in [0.29, 0.717) is 6.04 Å². The van der Waals surface area contributed by atoms with E-state index in [2.05, 4.69) is 34.3 Å². The summed E-state index contributed by atoms with van der Waals surface area (Å²) in [6.07, 6.45) is 4.63. The second kappa shape index (κ2) is 6.18. The lowest BCUT2D eigenvalue weighted by atomic mass is 10.2. The van der Waals surface area contributed by atoms with Crippen molar-refractivity contribution in [3.63, 3.8) is 0 Å². The summed E-state index contributed by atoms with van der Waals surface area (Å²) in [6.45, 7) is 8.17. The molecule has 1 atom stereocenters. The van der Waals surface area contributed by atoms with Crippen LogP contribution in [0.4, 0.5) is 0 Å². The quantitative estimate of drug-likeness (QED) is 0.603. The molecule has 0 amide bonds. The number of hydrogen-bond acceptors (Lipinski definition) is 3. The van der Waals surface area contributed by atoms with Crippen molar-refractivity contribution in [1.29, 1.82) is 0 Å². The molecule has 16 heavy (non-hydrogen) atoms. The van der Waals surface area contributed by atoms with Crippen LogP contribution in [0.15, 0.2) is 30.2 Å². The minimum absolute atomic E-state index is 0.558. The molecule has 1 aromatic rings. The lowest BCUT2D eigenvalue weighted by molar-refractivity contribution is 0.244. The van der Waals surface area contributed by atoms with Crippen LogP contribution in [-0.4, -0.2) is 31.1 Å². The predicted molar refractivity (Wildman–Crippen MR) is 70.9 cm³/mol. The van der Waals surface area contributed by atoms with Crippen LogP contribution in [-0.2, 0) is 0 Å². The summed E-state index contributed by atoms with van der Waals surface area (Å²) in [7, 11) is 0. The minimum Gasteiger partial charge on any atom is -0.311 e. The first-order chi connectivity index (χ1) is 7.92. The van der Waals surface area contributed by atoms with E-state index in [1.807, 2.05) is 17.4 Å². The molecule has 0 bridgehead atoms. The standard InChI is InChI=1S/C13H20N2S/c1-2-7-14-11-12(13-6-5-10-16-13)15-8-3-4-9-15/h2,5-6,10,12,14H,1,3-4,7-9,11H2. The fourth-order valence-corrected chi connectivity index (χ4v) is 3.13. The Bertz CT molecular complexity index is 302. The Morgan fingerprint density at radius 1 is 1.50 bits per heavy atom. The number of thiophene rings is 1. The van der Waals surface area contributed by atoms with Crippen LogP contribution < -0.4 is 5.32 Å². The van der Waals surface area contributed by atoms with Gasteiger partial charge in [-0.25, -0.2) is 0 Å². The van der Waals surface area contributed by atoms with Crippen molar-refractivity contribution in [2.75, 3.05) is 26.2 Å². The van der Waals surface area contributed by atoms with Crippen LogP contribution in [0, 0.1) is 0 Å². The van der Waals surface area contributed by atoms with Gasteiger partial charge in [0.2, 0.25) is 0 Å². The van der Waals surface area contributed by atoms with Gasteiger partial charge in [0.15, 0.2) is 0 Å². The second-order valence-corrected chi connectivity index (χ2v) is 5.20. The van der Waals surface area contributed by atoms with E-state index in [-0.39, 0.29) is 0 Å². The summed E-state index contributed by atoms with van der Waals surface area (Å²) in [4.78, 5) is 4.08. The maximum Gasteiger partial charge on any atom is 0.0566 e. The van der Waals surface area contributed by atoms with E-state index >= 15 is 0 Å². The summed E-state index contributed by atoms with van der Waals surface area (Å²) in [5, 5.41) is 5.62. The van der Waals surface area contributed by atoms with E-state index in [1.165, 1.54) is 30.8 Å². The summed E-state index contributed by atoms with van der Waals surface area (Å²) < 4.78 is 0. The molecular formula is C13H20N2S. The largest absolute Gasteiger partial charge is 0.311 e. The van der Waals surface area contributed by atoms with Crippen molar-refractivity contribution in [3.8, 4) is 0 Å². The smallest absolute Gasteiger partial charge is 0.0566 e. The molecule has 1 fully saturated rings. The molecule has 0 spiro atoms. The highest BCUT2D eigenvalue weighted by Crippen LogP contribution is 2.27. The van der Waals surface area contributed by atoms with E-state index in [4.69, 9.17) is 0 Å². The van der Waals surface area contributed by atoms with Crippen LogP contribution in [0.3, 0.4) is 0 Å². The van der Waals surface area contributed by atoms with Crippen LogP contribution in [0.1, 0.15) is 23.8 Å². The Labute approximate surface area is 102 Å². The van der Waals surface area contributed by atoms with Crippen molar-refractivity contribution in [2.24, 2.45) is 0 Å². The molecule has 2 heterocycles. The lowest BCUT2D eigenvalue weighted by Gasteiger charge is -2.26. The molecule has 1 aromatic heterocycles. The SMILES string of the molecule is C=CCNCC(c1cccs1)N1CCCC1. The lowest BCUT2D eigenvalue weighted by Crippen LogP contribution is -2.33. The third kappa shape index (κ3) is 2.94. The molecule has 2 rings (SSSR count). The van der Waals surface area contributed by atoms with Crippen LogP contribution in [0.25, 0.3) is 0 Å². The highest BCUT2D eigenvalue weighted by atomic mass is 32.1. The Morgan fingerprint density at radius 3 is 2.94 bits per heavy atom. The van der Waals surface area contributed by atoms with E-state index in [1.54, 1.807) is 0 Å². The highest BCUT2D eigenvalue weighted by molar-refractivity contribution is 7.10. The molecule has 0 radical (unpaired) electrons. The maximum atomic E-state index is 3.74. The van der Waals surface area contributed by atoms with Gasteiger partial charge in [0, 0.05) is 18.0 Å². The molecule has 1 unspecified atom stereocenters. The first kappa shape index (κ1) is 11.8. The molecule has 88 valence electrons. The molecule has 0 aliphatic carbocycles. The third-order valence-electron chi connectivity index (χ3n) is 3.08. The number of rotatable bonds is 6. The van der Waals surface area contributed by atoms with Gasteiger partial charge in [0.05, 0.1) is 6.04 Å². The minimum atomic E-state index is 0.558. The Hall–Kier alpha value is -0.640. The Balaban J connectivity index is 1.97. The fourth-order valence-electron chi connectivity index (χ4n) is 2.27. The van der Waals surface area contributed by atoms with Gasteiger partial charge in [-0.1, -0.05) is 12.1 Å². The molecule has 1 N–H and O–H groups in total. The van der Waals surface area contributed by atoms with Gasteiger partial charge in [-0.3, -0.25) is 4.90 Å². The van der Waals surface area contributed by atoms with Gasteiger partial charge in [0.25, 0.3) is 0 Å². The Kier molecular flexibility index (Phi) is 4.57. The monoisotopic (exact) mass is 236 g/mol. The van der Waals surface area contributed by atoms with Gasteiger partial charge in [0.1, 0.15) is 0 Å². The third-order valence-corrected chi connectivity index (χ3v) is 4.05. The van der Waals surface area contributed by atoms with Crippen molar-refractivity contribution in [2.45, 2.75) is 18.9 Å². The fraction of sp³-hybridized carbons (Fsp3) is 0.538. The number of likely N-dealkylation sites (tertiary alicyclic amines) is 1. The van der Waals surface area contributed by atoms with Crippen molar-refractivity contribution in [3.05, 3.63) is 35.0 Å². The average molecular weight is 236 g/mol. The summed E-state index contributed by atoms with van der Waals surface area (Å²) in [6, 6.07) is 4.96.